The molecular weight excluding hydrogens is 404 g/mol. The van der Waals surface area contributed by atoms with Gasteiger partial charge in [-0.3, -0.25) is 14.5 Å². The molecule has 2 aromatic carbocycles. The largest absolute Gasteiger partial charge is 0.508 e. The van der Waals surface area contributed by atoms with Gasteiger partial charge < -0.3 is 10.4 Å². The molecule has 0 unspecified atom stereocenters. The van der Waals surface area contributed by atoms with E-state index in [1.165, 1.54) is 23.9 Å². The Hall–Kier alpha value is -2.64. The van der Waals surface area contributed by atoms with Crippen molar-refractivity contribution < 1.29 is 14.7 Å². The SMILES string of the molecule is O=C(CCCCCN1C(=O)/C(=C/c2ccccc2)SC1=S)Nc1ccc(O)cc1. The van der Waals surface area contributed by atoms with Crippen molar-refractivity contribution in [1.29, 1.82) is 0 Å². The first-order valence-corrected chi connectivity index (χ1v) is 10.6. The first-order chi connectivity index (χ1) is 14.0. The van der Waals surface area contributed by atoms with Crippen LogP contribution in [0.25, 0.3) is 6.08 Å². The number of thioether (sulfide) groups is 1. The fraction of sp³-hybridized carbons (Fsp3) is 0.227. The molecule has 1 saturated heterocycles. The number of rotatable bonds is 8. The van der Waals surface area contributed by atoms with Crippen LogP contribution in [0.5, 0.6) is 5.75 Å². The number of carbonyl (C=O) groups excluding carboxylic acids is 2. The standard InChI is InChI=1S/C22H22N2O3S2/c25-18-12-10-17(11-13-18)23-20(26)9-5-2-6-14-24-21(27)19(29-22(24)28)15-16-7-3-1-4-8-16/h1,3-4,7-8,10-13,15,25H,2,5-6,9,14H2,(H,23,26)/b19-15-. The van der Waals surface area contributed by atoms with Gasteiger partial charge >= 0.3 is 0 Å². The number of aromatic hydroxyl groups is 1. The average Bonchev–Trinajstić information content (AvgIpc) is 2.97. The van der Waals surface area contributed by atoms with Crippen molar-refractivity contribution >= 4 is 51.9 Å². The van der Waals surface area contributed by atoms with Crippen LogP contribution in [0.2, 0.25) is 0 Å². The molecule has 0 spiro atoms. The Morgan fingerprint density at radius 1 is 1.07 bits per heavy atom. The second-order valence-electron chi connectivity index (χ2n) is 6.65. The summed E-state index contributed by atoms with van der Waals surface area (Å²) < 4.78 is 0.585. The van der Waals surface area contributed by atoms with Gasteiger partial charge in [0.2, 0.25) is 5.91 Å². The molecule has 150 valence electrons. The van der Waals surface area contributed by atoms with Crippen molar-refractivity contribution in [3.05, 3.63) is 65.1 Å². The highest BCUT2D eigenvalue weighted by molar-refractivity contribution is 8.26. The third-order valence-corrected chi connectivity index (χ3v) is 5.79. The number of thiocarbonyl (C=S) groups is 1. The summed E-state index contributed by atoms with van der Waals surface area (Å²) in [5.41, 5.74) is 1.64. The van der Waals surface area contributed by atoms with Crippen molar-refractivity contribution in [2.75, 3.05) is 11.9 Å². The van der Waals surface area contributed by atoms with E-state index in [1.54, 1.807) is 17.0 Å². The van der Waals surface area contributed by atoms with E-state index in [2.05, 4.69) is 5.32 Å². The molecule has 29 heavy (non-hydrogen) atoms. The summed E-state index contributed by atoms with van der Waals surface area (Å²) in [5.74, 6) is 0.0540. The van der Waals surface area contributed by atoms with E-state index in [-0.39, 0.29) is 17.6 Å². The molecule has 2 N–H and O–H groups in total. The summed E-state index contributed by atoms with van der Waals surface area (Å²) >= 11 is 6.69. The molecule has 0 aliphatic carbocycles. The third kappa shape index (κ3) is 6.17. The Kier molecular flexibility index (Phi) is 7.43. The zero-order chi connectivity index (χ0) is 20.6. The summed E-state index contributed by atoms with van der Waals surface area (Å²) in [4.78, 5) is 26.8. The predicted octanol–water partition coefficient (Wildman–Crippen LogP) is 4.79. The molecule has 1 aliphatic rings. The van der Waals surface area contributed by atoms with Crippen molar-refractivity contribution in [3.8, 4) is 5.75 Å². The molecule has 0 radical (unpaired) electrons. The molecule has 1 heterocycles. The average molecular weight is 427 g/mol. The maximum atomic E-state index is 12.6. The van der Waals surface area contributed by atoms with Crippen LogP contribution in [-0.4, -0.2) is 32.7 Å². The van der Waals surface area contributed by atoms with Crippen LogP contribution in [0.15, 0.2) is 59.5 Å². The Morgan fingerprint density at radius 3 is 2.52 bits per heavy atom. The van der Waals surface area contributed by atoms with E-state index in [0.717, 1.165) is 24.8 Å². The highest BCUT2D eigenvalue weighted by Gasteiger charge is 2.31. The normalized spacial score (nSPS) is 15.2. The van der Waals surface area contributed by atoms with Crippen LogP contribution in [0.1, 0.15) is 31.2 Å². The van der Waals surface area contributed by atoms with Crippen LogP contribution >= 0.6 is 24.0 Å². The zero-order valence-electron chi connectivity index (χ0n) is 15.8. The van der Waals surface area contributed by atoms with Gasteiger partial charge in [-0.05, 0) is 48.7 Å². The minimum Gasteiger partial charge on any atom is -0.508 e. The Labute approximate surface area is 179 Å². The molecule has 2 aromatic rings. The van der Waals surface area contributed by atoms with Gasteiger partial charge in [0, 0.05) is 18.7 Å². The fourth-order valence-corrected chi connectivity index (χ4v) is 4.20. The van der Waals surface area contributed by atoms with Crippen LogP contribution in [0.3, 0.4) is 0 Å². The number of nitrogens with zero attached hydrogens (tertiary/aromatic N) is 1. The van der Waals surface area contributed by atoms with Crippen LogP contribution in [0, 0.1) is 0 Å². The first-order valence-electron chi connectivity index (χ1n) is 9.42. The first kappa shape index (κ1) is 21.1. The minimum absolute atomic E-state index is 0.0473. The molecule has 0 bridgehead atoms. The van der Waals surface area contributed by atoms with Crippen molar-refractivity contribution in [2.45, 2.75) is 25.7 Å². The van der Waals surface area contributed by atoms with Gasteiger partial charge in [0.25, 0.3) is 5.91 Å². The van der Waals surface area contributed by atoms with Gasteiger partial charge in [-0.2, -0.15) is 0 Å². The topological polar surface area (TPSA) is 69.6 Å². The fourth-order valence-electron chi connectivity index (χ4n) is 2.89. The molecule has 1 aliphatic heterocycles. The molecule has 1 fully saturated rings. The second kappa shape index (κ2) is 10.2. The molecule has 0 aromatic heterocycles. The molecule has 0 saturated carbocycles. The number of hydrogen-bond acceptors (Lipinski definition) is 5. The Bertz CT molecular complexity index is 911. The number of benzene rings is 2. The lowest BCUT2D eigenvalue weighted by molar-refractivity contribution is -0.122. The van der Waals surface area contributed by atoms with E-state index < -0.39 is 0 Å². The number of unbranched alkanes of at least 4 members (excludes halogenated alkanes) is 2. The van der Waals surface area contributed by atoms with Crippen molar-refractivity contribution in [1.82, 2.24) is 4.90 Å². The molecule has 7 heteroatoms. The lowest BCUT2D eigenvalue weighted by atomic mass is 10.1. The number of nitrogens with one attached hydrogen (secondary N) is 1. The minimum atomic E-state index is -0.0629. The summed E-state index contributed by atoms with van der Waals surface area (Å²) in [6.07, 6.45) is 4.63. The third-order valence-electron chi connectivity index (χ3n) is 4.41. The van der Waals surface area contributed by atoms with Gasteiger partial charge in [0.1, 0.15) is 10.1 Å². The van der Waals surface area contributed by atoms with Gasteiger partial charge in [0.05, 0.1) is 4.91 Å². The van der Waals surface area contributed by atoms with Gasteiger partial charge in [0.15, 0.2) is 0 Å². The van der Waals surface area contributed by atoms with Crippen molar-refractivity contribution in [3.63, 3.8) is 0 Å². The van der Waals surface area contributed by atoms with E-state index in [1.807, 2.05) is 36.4 Å². The number of phenols is 1. The van der Waals surface area contributed by atoms with Gasteiger partial charge in [-0.15, -0.1) is 0 Å². The van der Waals surface area contributed by atoms with Gasteiger partial charge in [-0.1, -0.05) is 60.7 Å². The van der Waals surface area contributed by atoms with Crippen LogP contribution in [-0.2, 0) is 9.59 Å². The lowest BCUT2D eigenvalue weighted by Gasteiger charge is -2.14. The number of hydrogen-bond donors (Lipinski definition) is 2. The van der Waals surface area contributed by atoms with Crippen molar-refractivity contribution in [2.24, 2.45) is 0 Å². The van der Waals surface area contributed by atoms with E-state index in [0.29, 0.717) is 27.9 Å². The summed E-state index contributed by atoms with van der Waals surface area (Å²) in [6.45, 7) is 0.566. The number of anilines is 1. The molecule has 0 atom stereocenters. The highest BCUT2D eigenvalue weighted by Crippen LogP contribution is 2.32. The molecule has 5 nitrogen and oxygen atoms in total. The Morgan fingerprint density at radius 2 is 1.79 bits per heavy atom. The Balaban J connectivity index is 1.39. The lowest BCUT2D eigenvalue weighted by Crippen LogP contribution is -2.29. The number of carbonyl (C=O) groups is 2. The maximum Gasteiger partial charge on any atom is 0.266 e. The quantitative estimate of drug-likeness (QED) is 0.275. The van der Waals surface area contributed by atoms with Crippen LogP contribution < -0.4 is 5.32 Å². The van der Waals surface area contributed by atoms with E-state index in [9.17, 15) is 14.7 Å². The summed E-state index contributed by atoms with van der Waals surface area (Å²) in [7, 11) is 0. The van der Waals surface area contributed by atoms with E-state index >= 15 is 0 Å². The number of amides is 2. The molecule has 3 rings (SSSR count). The smallest absolute Gasteiger partial charge is 0.266 e. The van der Waals surface area contributed by atoms with Gasteiger partial charge in [-0.25, -0.2) is 0 Å². The maximum absolute atomic E-state index is 12.6. The monoisotopic (exact) mass is 426 g/mol. The molecule has 2 amide bonds. The zero-order valence-corrected chi connectivity index (χ0v) is 17.5. The van der Waals surface area contributed by atoms with E-state index in [4.69, 9.17) is 12.2 Å². The number of phenolic OH excluding ortho intramolecular Hbond substituents is 1. The predicted molar refractivity (Wildman–Crippen MR) is 122 cm³/mol. The summed E-state index contributed by atoms with van der Waals surface area (Å²) in [6, 6.07) is 16.1. The molecular formula is C22H22N2O3S2. The summed E-state index contributed by atoms with van der Waals surface area (Å²) in [5, 5.41) is 12.1. The highest BCUT2D eigenvalue weighted by atomic mass is 32.2. The van der Waals surface area contributed by atoms with Crippen LogP contribution in [0.4, 0.5) is 5.69 Å². The second-order valence-corrected chi connectivity index (χ2v) is 8.33.